The highest BCUT2D eigenvalue weighted by molar-refractivity contribution is 5.87. The van der Waals surface area contributed by atoms with Gasteiger partial charge >= 0.3 is 5.97 Å². The van der Waals surface area contributed by atoms with Gasteiger partial charge in [-0.25, -0.2) is 4.79 Å². The van der Waals surface area contributed by atoms with Crippen LogP contribution in [0.2, 0.25) is 0 Å². The number of carboxylic acid groups (broad SMARTS) is 1. The van der Waals surface area contributed by atoms with Gasteiger partial charge < -0.3 is 9.52 Å². The molecule has 0 aliphatic rings. The Bertz CT molecular complexity index is 739. The number of rotatable bonds is 7. The first kappa shape index (κ1) is 16.0. The van der Waals surface area contributed by atoms with Crippen molar-refractivity contribution in [3.8, 4) is 0 Å². The molecule has 3 aromatic rings. The molecule has 24 heavy (non-hydrogen) atoms. The van der Waals surface area contributed by atoms with Gasteiger partial charge in [0.25, 0.3) is 0 Å². The molecule has 0 bridgehead atoms. The smallest absolute Gasteiger partial charge is 0.338 e. The molecule has 3 rings (SSSR count). The number of benzene rings is 2. The van der Waals surface area contributed by atoms with Crippen molar-refractivity contribution < 1.29 is 14.3 Å². The summed E-state index contributed by atoms with van der Waals surface area (Å²) < 4.78 is 5.41. The summed E-state index contributed by atoms with van der Waals surface area (Å²) in [6.45, 7) is 2.08. The minimum Gasteiger partial charge on any atom is -0.478 e. The lowest BCUT2D eigenvalue weighted by Gasteiger charge is -2.21. The van der Waals surface area contributed by atoms with E-state index in [1.165, 1.54) is 17.4 Å². The predicted molar refractivity (Wildman–Crippen MR) is 91.5 cm³/mol. The Kier molecular flexibility index (Phi) is 5.08. The van der Waals surface area contributed by atoms with Crippen molar-refractivity contribution in [2.45, 2.75) is 19.6 Å². The quantitative estimate of drug-likeness (QED) is 0.709. The van der Waals surface area contributed by atoms with Crippen LogP contribution in [0.3, 0.4) is 0 Å². The topological polar surface area (TPSA) is 53.7 Å². The number of nitrogens with zero attached hydrogens (tertiary/aromatic N) is 1. The molecule has 0 radical (unpaired) electrons. The zero-order chi connectivity index (χ0) is 16.8. The van der Waals surface area contributed by atoms with Gasteiger partial charge in [0, 0.05) is 13.1 Å². The van der Waals surface area contributed by atoms with E-state index in [2.05, 4.69) is 29.2 Å². The molecule has 0 aliphatic carbocycles. The van der Waals surface area contributed by atoms with Gasteiger partial charge in [0.1, 0.15) is 12.0 Å². The third-order valence-electron chi connectivity index (χ3n) is 3.78. The Morgan fingerprint density at radius 1 is 0.875 bits per heavy atom. The SMILES string of the molecule is O=C(O)c1coc(CN(Cc2ccccc2)Cc2ccccc2)c1. The van der Waals surface area contributed by atoms with Crippen LogP contribution in [0, 0.1) is 0 Å². The summed E-state index contributed by atoms with van der Waals surface area (Å²) in [6, 6.07) is 22.0. The summed E-state index contributed by atoms with van der Waals surface area (Å²) in [6.07, 6.45) is 1.29. The van der Waals surface area contributed by atoms with Crippen LogP contribution in [-0.2, 0) is 19.6 Å². The number of carbonyl (C=O) groups is 1. The lowest BCUT2D eigenvalue weighted by Crippen LogP contribution is -2.22. The fraction of sp³-hybridized carbons (Fsp3) is 0.150. The molecule has 122 valence electrons. The Morgan fingerprint density at radius 2 is 1.42 bits per heavy atom. The van der Waals surface area contributed by atoms with E-state index in [1.54, 1.807) is 6.07 Å². The van der Waals surface area contributed by atoms with Crippen LogP contribution in [0.4, 0.5) is 0 Å². The zero-order valence-electron chi connectivity index (χ0n) is 13.3. The number of carboxylic acids is 1. The summed E-state index contributed by atoms with van der Waals surface area (Å²) in [5.74, 6) is -0.318. The molecule has 2 aromatic carbocycles. The van der Waals surface area contributed by atoms with E-state index in [-0.39, 0.29) is 5.56 Å². The summed E-state index contributed by atoms with van der Waals surface area (Å²) >= 11 is 0. The predicted octanol–water partition coefficient (Wildman–Crippen LogP) is 4.18. The van der Waals surface area contributed by atoms with E-state index in [1.807, 2.05) is 36.4 Å². The normalized spacial score (nSPS) is 10.9. The van der Waals surface area contributed by atoms with Crippen molar-refractivity contribution in [3.05, 3.63) is 95.4 Å². The summed E-state index contributed by atoms with van der Waals surface area (Å²) in [7, 11) is 0. The fourth-order valence-electron chi connectivity index (χ4n) is 2.65. The van der Waals surface area contributed by atoms with Crippen molar-refractivity contribution >= 4 is 5.97 Å². The van der Waals surface area contributed by atoms with Crippen molar-refractivity contribution in [2.75, 3.05) is 0 Å². The lowest BCUT2D eigenvalue weighted by molar-refractivity contribution is 0.0696. The molecule has 4 heteroatoms. The Morgan fingerprint density at radius 3 is 1.88 bits per heavy atom. The third kappa shape index (κ3) is 4.33. The van der Waals surface area contributed by atoms with E-state index in [9.17, 15) is 4.79 Å². The molecule has 0 saturated heterocycles. The first-order valence-corrected chi connectivity index (χ1v) is 7.81. The largest absolute Gasteiger partial charge is 0.478 e. The maximum Gasteiger partial charge on any atom is 0.338 e. The average Bonchev–Trinajstić information content (AvgIpc) is 3.05. The monoisotopic (exact) mass is 321 g/mol. The first-order chi connectivity index (χ1) is 11.7. The van der Waals surface area contributed by atoms with Gasteiger partial charge in [-0.3, -0.25) is 4.90 Å². The van der Waals surface area contributed by atoms with Crippen LogP contribution in [0.5, 0.6) is 0 Å². The van der Waals surface area contributed by atoms with Crippen molar-refractivity contribution in [2.24, 2.45) is 0 Å². The molecule has 0 atom stereocenters. The average molecular weight is 321 g/mol. The summed E-state index contributed by atoms with van der Waals surface area (Å²) in [5, 5.41) is 9.03. The minimum atomic E-state index is -0.970. The van der Waals surface area contributed by atoms with E-state index in [0.29, 0.717) is 12.3 Å². The molecule has 1 N–H and O–H groups in total. The van der Waals surface area contributed by atoms with Gasteiger partial charge in [0.15, 0.2) is 0 Å². The Balaban J connectivity index is 1.76. The van der Waals surface area contributed by atoms with E-state index < -0.39 is 5.97 Å². The second-order valence-electron chi connectivity index (χ2n) is 5.72. The van der Waals surface area contributed by atoms with Crippen molar-refractivity contribution in [1.29, 1.82) is 0 Å². The first-order valence-electron chi connectivity index (χ1n) is 7.81. The van der Waals surface area contributed by atoms with Gasteiger partial charge in [-0.15, -0.1) is 0 Å². The number of furan rings is 1. The fourth-order valence-corrected chi connectivity index (χ4v) is 2.65. The van der Waals surface area contributed by atoms with Crippen molar-refractivity contribution in [3.63, 3.8) is 0 Å². The molecular weight excluding hydrogens is 302 g/mol. The molecule has 0 saturated carbocycles. The molecule has 1 aromatic heterocycles. The Hall–Kier alpha value is -2.85. The van der Waals surface area contributed by atoms with Gasteiger partial charge in [-0.1, -0.05) is 60.7 Å². The molecule has 4 nitrogen and oxygen atoms in total. The molecule has 0 aliphatic heterocycles. The van der Waals surface area contributed by atoms with Gasteiger partial charge in [0.2, 0.25) is 0 Å². The van der Waals surface area contributed by atoms with E-state index >= 15 is 0 Å². The zero-order valence-corrected chi connectivity index (χ0v) is 13.3. The third-order valence-corrected chi connectivity index (χ3v) is 3.78. The van der Waals surface area contributed by atoms with Crippen molar-refractivity contribution in [1.82, 2.24) is 4.90 Å². The molecule has 0 fully saturated rings. The second-order valence-corrected chi connectivity index (χ2v) is 5.72. The highest BCUT2D eigenvalue weighted by atomic mass is 16.4. The lowest BCUT2D eigenvalue weighted by atomic mass is 10.1. The minimum absolute atomic E-state index is 0.185. The van der Waals surface area contributed by atoms with Crippen LogP contribution in [0.1, 0.15) is 27.2 Å². The molecule has 0 unspecified atom stereocenters. The van der Waals surface area contributed by atoms with Gasteiger partial charge in [-0.05, 0) is 17.2 Å². The number of aromatic carboxylic acids is 1. The van der Waals surface area contributed by atoms with E-state index in [4.69, 9.17) is 9.52 Å². The number of hydrogen-bond donors (Lipinski definition) is 1. The van der Waals surface area contributed by atoms with Crippen LogP contribution < -0.4 is 0 Å². The van der Waals surface area contributed by atoms with E-state index in [0.717, 1.165) is 13.1 Å². The maximum atomic E-state index is 11.0. The maximum absolute atomic E-state index is 11.0. The second kappa shape index (κ2) is 7.62. The van der Waals surface area contributed by atoms with Crippen LogP contribution in [0.25, 0.3) is 0 Å². The standard InChI is InChI=1S/C20H19NO3/c22-20(23)18-11-19(24-15-18)14-21(12-16-7-3-1-4-8-16)13-17-9-5-2-6-10-17/h1-11,15H,12-14H2,(H,22,23). The van der Waals surface area contributed by atoms with Crippen LogP contribution in [-0.4, -0.2) is 16.0 Å². The summed E-state index contributed by atoms with van der Waals surface area (Å²) in [4.78, 5) is 13.2. The highest BCUT2D eigenvalue weighted by Gasteiger charge is 2.13. The molecule has 0 spiro atoms. The molecule has 0 amide bonds. The van der Waals surface area contributed by atoms with Crippen LogP contribution >= 0.6 is 0 Å². The summed E-state index contributed by atoms with van der Waals surface area (Å²) in [5.41, 5.74) is 2.60. The Labute approximate surface area is 141 Å². The van der Waals surface area contributed by atoms with Gasteiger partial charge in [-0.2, -0.15) is 0 Å². The molecule has 1 heterocycles. The van der Waals surface area contributed by atoms with Gasteiger partial charge in [0.05, 0.1) is 12.1 Å². The highest BCUT2D eigenvalue weighted by Crippen LogP contribution is 2.16. The molecular formula is C20H19NO3. The van der Waals surface area contributed by atoms with Crippen LogP contribution in [0.15, 0.2) is 77.4 Å². The number of hydrogen-bond acceptors (Lipinski definition) is 3.